The fraction of sp³-hybridized carbons (Fsp3) is 0.500. The molecule has 4 aromatic rings. The third-order valence-electron chi connectivity index (χ3n) is 9.67. The molecule has 0 radical (unpaired) electrons. The Labute approximate surface area is 289 Å². The van der Waals surface area contributed by atoms with Gasteiger partial charge in [0, 0.05) is 37.0 Å². The number of esters is 1. The van der Waals surface area contributed by atoms with Gasteiger partial charge >= 0.3 is 5.97 Å². The fourth-order valence-electron chi connectivity index (χ4n) is 7.10. The summed E-state index contributed by atoms with van der Waals surface area (Å²) in [5, 5.41) is 0. The van der Waals surface area contributed by atoms with E-state index in [-0.39, 0.29) is 17.5 Å². The Bertz CT molecular complexity index is 1840. The van der Waals surface area contributed by atoms with Gasteiger partial charge in [-0.05, 0) is 122 Å². The highest BCUT2D eigenvalue weighted by Crippen LogP contribution is 2.41. The number of anilines is 1. The Morgan fingerprint density at radius 1 is 1.08 bits per heavy atom. The minimum Gasteiger partial charge on any atom is -0.490 e. The van der Waals surface area contributed by atoms with Gasteiger partial charge < -0.3 is 23.8 Å². The van der Waals surface area contributed by atoms with Gasteiger partial charge in [-0.25, -0.2) is 14.2 Å². The maximum Gasteiger partial charge on any atom is 0.339 e. The maximum absolute atomic E-state index is 15.8. The molecule has 262 valence electrons. The number of hydrogen-bond acceptors (Lipinski definition) is 7. The first-order valence-corrected chi connectivity index (χ1v) is 17.5. The number of carbonyl (C=O) groups excluding carboxylic acids is 1. The SMILES string of the molecule is COC(=O)[C@@H](OC(C)(C)C)c1c(C)cc2nc3cn2c1N1CCC(C)(CC1)OCCCC[C@H](C)Oc1cc(C)cc(F)c1-c1cccc-3c1. The summed E-state index contributed by atoms with van der Waals surface area (Å²) in [5.41, 5.74) is 5.05. The summed E-state index contributed by atoms with van der Waals surface area (Å²) in [6, 6.07) is 13.3. The van der Waals surface area contributed by atoms with E-state index in [0.717, 1.165) is 84.6 Å². The van der Waals surface area contributed by atoms with E-state index in [2.05, 4.69) is 16.2 Å². The van der Waals surface area contributed by atoms with E-state index in [1.165, 1.54) is 7.11 Å². The van der Waals surface area contributed by atoms with Crippen LogP contribution in [0.15, 0.2) is 48.7 Å². The largest absolute Gasteiger partial charge is 0.490 e. The van der Waals surface area contributed by atoms with E-state index in [4.69, 9.17) is 23.9 Å². The van der Waals surface area contributed by atoms with Crippen molar-refractivity contribution in [3.05, 3.63) is 71.2 Å². The van der Waals surface area contributed by atoms with Crippen LogP contribution >= 0.6 is 0 Å². The number of ether oxygens (including phenoxy) is 4. The van der Waals surface area contributed by atoms with Crippen molar-refractivity contribution < 1.29 is 28.1 Å². The van der Waals surface area contributed by atoms with Crippen LogP contribution < -0.4 is 9.64 Å². The highest BCUT2D eigenvalue weighted by Gasteiger charge is 2.37. The van der Waals surface area contributed by atoms with Crippen LogP contribution in [0, 0.1) is 19.7 Å². The molecule has 0 N–H and O–H groups in total. The molecule has 0 amide bonds. The lowest BCUT2D eigenvalue weighted by atomic mass is 9.92. The van der Waals surface area contributed by atoms with E-state index >= 15 is 4.39 Å². The first-order chi connectivity index (χ1) is 23.2. The number of benzene rings is 2. The highest BCUT2D eigenvalue weighted by molar-refractivity contribution is 5.82. The summed E-state index contributed by atoms with van der Waals surface area (Å²) in [4.78, 5) is 20.9. The van der Waals surface area contributed by atoms with E-state index in [1.54, 1.807) is 6.07 Å². The van der Waals surface area contributed by atoms with Crippen LogP contribution in [0.1, 0.15) is 89.5 Å². The maximum atomic E-state index is 15.8. The molecule has 0 spiro atoms. The Morgan fingerprint density at radius 2 is 1.82 bits per heavy atom. The van der Waals surface area contributed by atoms with Crippen LogP contribution in [0.4, 0.5) is 10.2 Å². The molecule has 0 saturated carbocycles. The van der Waals surface area contributed by atoms with Crippen molar-refractivity contribution in [2.45, 2.75) is 104 Å². The minimum atomic E-state index is -0.945. The number of rotatable bonds is 3. The zero-order chi connectivity index (χ0) is 35.1. The summed E-state index contributed by atoms with van der Waals surface area (Å²) in [6.07, 6.45) is 5.32. The zero-order valence-electron chi connectivity index (χ0n) is 30.2. The van der Waals surface area contributed by atoms with E-state index in [1.807, 2.05) is 84.1 Å². The topological polar surface area (TPSA) is 74.5 Å². The molecule has 1 fully saturated rings. The second-order valence-corrected chi connectivity index (χ2v) is 15.0. The molecular formula is C40H50FN3O5. The summed E-state index contributed by atoms with van der Waals surface area (Å²) in [6.45, 7) is 16.1. The van der Waals surface area contributed by atoms with Crippen molar-refractivity contribution in [2.75, 3.05) is 31.7 Å². The molecule has 1 saturated heterocycles. The average molecular weight is 672 g/mol. The number of fused-ring (bicyclic) bond motifs is 8. The third-order valence-corrected chi connectivity index (χ3v) is 9.67. The molecule has 8 nitrogen and oxygen atoms in total. The summed E-state index contributed by atoms with van der Waals surface area (Å²) >= 11 is 0. The predicted octanol–water partition coefficient (Wildman–Crippen LogP) is 8.78. The van der Waals surface area contributed by atoms with Gasteiger partial charge in [0.15, 0.2) is 6.10 Å². The Kier molecular flexibility index (Phi) is 9.79. The van der Waals surface area contributed by atoms with Crippen LogP contribution in [-0.2, 0) is 19.0 Å². The first kappa shape index (κ1) is 34.9. The van der Waals surface area contributed by atoms with Crippen molar-refractivity contribution in [3.63, 3.8) is 0 Å². The number of halogens is 1. The number of imidazole rings is 1. The monoisotopic (exact) mass is 671 g/mol. The van der Waals surface area contributed by atoms with Crippen LogP contribution in [0.5, 0.6) is 5.75 Å². The molecule has 2 atom stereocenters. The van der Waals surface area contributed by atoms with Crippen molar-refractivity contribution in [1.29, 1.82) is 0 Å². The van der Waals surface area contributed by atoms with Crippen molar-refractivity contribution in [2.24, 2.45) is 0 Å². The number of piperidine rings is 1. The summed E-state index contributed by atoms with van der Waals surface area (Å²) in [5.74, 6) is 0.619. The number of carbonyl (C=O) groups is 1. The van der Waals surface area contributed by atoms with Crippen LogP contribution in [0.3, 0.4) is 0 Å². The first-order valence-electron chi connectivity index (χ1n) is 17.5. The number of hydrogen-bond donors (Lipinski definition) is 0. The van der Waals surface area contributed by atoms with E-state index < -0.39 is 17.7 Å². The fourth-order valence-corrected chi connectivity index (χ4v) is 7.10. The molecule has 2 aromatic carbocycles. The van der Waals surface area contributed by atoms with Gasteiger partial charge in [0.25, 0.3) is 0 Å². The Hall–Kier alpha value is -3.95. The lowest BCUT2D eigenvalue weighted by Gasteiger charge is -2.42. The average Bonchev–Trinajstić information content (AvgIpc) is 3.46. The normalized spacial score (nSPS) is 20.9. The second-order valence-electron chi connectivity index (χ2n) is 15.0. The van der Waals surface area contributed by atoms with E-state index in [0.29, 0.717) is 23.5 Å². The van der Waals surface area contributed by atoms with Crippen LogP contribution in [0.25, 0.3) is 28.0 Å². The lowest BCUT2D eigenvalue weighted by Crippen LogP contribution is -2.45. The molecule has 7 rings (SSSR count). The van der Waals surface area contributed by atoms with Gasteiger partial charge in [-0.2, -0.15) is 0 Å². The van der Waals surface area contributed by atoms with Gasteiger partial charge in [-0.15, -0.1) is 0 Å². The molecule has 0 unspecified atom stereocenters. The molecule has 3 aliphatic rings. The van der Waals surface area contributed by atoms with Gasteiger partial charge in [-0.1, -0.05) is 18.2 Å². The molecule has 3 aliphatic heterocycles. The predicted molar refractivity (Wildman–Crippen MR) is 191 cm³/mol. The third kappa shape index (κ3) is 7.48. The molecule has 0 aliphatic carbocycles. The van der Waals surface area contributed by atoms with Crippen molar-refractivity contribution in [1.82, 2.24) is 9.38 Å². The molecule has 2 aromatic heterocycles. The quantitative estimate of drug-likeness (QED) is 0.202. The summed E-state index contributed by atoms with van der Waals surface area (Å²) < 4.78 is 42.6. The molecular weight excluding hydrogens is 621 g/mol. The highest BCUT2D eigenvalue weighted by atomic mass is 19.1. The van der Waals surface area contributed by atoms with Crippen LogP contribution in [-0.4, -0.2) is 59.5 Å². The number of aromatic nitrogens is 2. The molecule has 6 bridgehead atoms. The Balaban J connectivity index is 1.55. The molecule has 9 heteroatoms. The summed E-state index contributed by atoms with van der Waals surface area (Å²) in [7, 11) is 1.40. The van der Waals surface area contributed by atoms with Crippen LogP contribution in [0.2, 0.25) is 0 Å². The Morgan fingerprint density at radius 3 is 2.53 bits per heavy atom. The van der Waals surface area contributed by atoms with E-state index in [9.17, 15) is 4.79 Å². The molecule has 49 heavy (non-hydrogen) atoms. The second kappa shape index (κ2) is 13.8. The van der Waals surface area contributed by atoms with Crippen molar-refractivity contribution >= 4 is 17.4 Å². The van der Waals surface area contributed by atoms with Gasteiger partial charge in [-0.3, -0.25) is 4.40 Å². The standard InChI is InChI=1S/C40H50FN3O5/c1-25-20-30(41)35-29-14-11-13-28(23-29)31-24-44-33(42-31)22-26(2)34(36(38(45)46-8)49-39(4,5)6)37(44)43-17-15-40(7,16-18-43)47-19-10-9-12-27(3)48-32(35)21-25/h11,13-14,20-24,27,36H,9-10,12,15-19H2,1-8H3/t27-,36-/m0/s1. The number of aryl methyl sites for hydroxylation is 2. The van der Waals surface area contributed by atoms with Gasteiger partial charge in [0.1, 0.15) is 23.0 Å². The van der Waals surface area contributed by atoms with Gasteiger partial charge in [0.2, 0.25) is 0 Å². The minimum absolute atomic E-state index is 0.0853. The molecule has 5 heterocycles. The zero-order valence-corrected chi connectivity index (χ0v) is 30.2. The van der Waals surface area contributed by atoms with Crippen molar-refractivity contribution in [3.8, 4) is 28.1 Å². The number of nitrogens with zero attached hydrogens (tertiary/aromatic N) is 3. The number of methoxy groups -OCH3 is 1. The van der Waals surface area contributed by atoms with Gasteiger partial charge in [0.05, 0.1) is 35.7 Å². The smallest absolute Gasteiger partial charge is 0.339 e. The lowest BCUT2D eigenvalue weighted by molar-refractivity contribution is -0.164. The number of pyridine rings is 1.